The number of likely N-dealkylation sites (tertiary alicyclic amines) is 1. The Hall–Kier alpha value is -0.380. The third-order valence-corrected chi connectivity index (χ3v) is 4.86. The second-order valence-electron chi connectivity index (χ2n) is 5.28. The smallest absolute Gasteiger partial charge is 0.0536 e. The van der Waals surface area contributed by atoms with Crippen LogP contribution < -0.4 is 0 Å². The average molecular weight is 237 g/mol. The van der Waals surface area contributed by atoms with Gasteiger partial charge in [0.1, 0.15) is 0 Å². The summed E-state index contributed by atoms with van der Waals surface area (Å²) in [5, 5.41) is 0. The van der Waals surface area contributed by atoms with E-state index in [2.05, 4.69) is 24.0 Å². The van der Waals surface area contributed by atoms with E-state index in [1.54, 1.807) is 0 Å². The van der Waals surface area contributed by atoms with Crippen LogP contribution in [0.3, 0.4) is 0 Å². The van der Waals surface area contributed by atoms with Crippen molar-refractivity contribution in [2.24, 2.45) is 5.41 Å². The number of rotatable bonds is 2. The lowest BCUT2D eigenvalue weighted by Crippen LogP contribution is -2.27. The molecule has 1 spiro atoms. The second-order valence-corrected chi connectivity index (χ2v) is 6.65. The Balaban J connectivity index is 1.61. The van der Waals surface area contributed by atoms with Crippen LogP contribution in [0, 0.1) is 12.3 Å². The van der Waals surface area contributed by atoms with Gasteiger partial charge in [0.15, 0.2) is 0 Å². The number of ether oxygens (including phenoxy) is 1. The van der Waals surface area contributed by atoms with Crippen LogP contribution in [0.2, 0.25) is 0 Å². The Kier molecular flexibility index (Phi) is 2.78. The maximum absolute atomic E-state index is 5.56. The van der Waals surface area contributed by atoms with E-state index in [-0.39, 0.29) is 0 Å². The van der Waals surface area contributed by atoms with Crippen molar-refractivity contribution in [2.45, 2.75) is 26.3 Å². The molecule has 0 saturated carbocycles. The first-order chi connectivity index (χ1) is 7.76. The fourth-order valence-electron chi connectivity index (χ4n) is 2.92. The zero-order valence-corrected chi connectivity index (χ0v) is 10.7. The molecule has 3 heteroatoms. The van der Waals surface area contributed by atoms with Gasteiger partial charge in [-0.2, -0.15) is 0 Å². The van der Waals surface area contributed by atoms with Gasteiger partial charge in [-0.3, -0.25) is 4.90 Å². The van der Waals surface area contributed by atoms with Gasteiger partial charge >= 0.3 is 0 Å². The Morgan fingerprint density at radius 3 is 3.06 bits per heavy atom. The van der Waals surface area contributed by atoms with Gasteiger partial charge in [-0.15, -0.1) is 11.3 Å². The molecule has 1 aromatic heterocycles. The first-order valence-electron chi connectivity index (χ1n) is 6.11. The van der Waals surface area contributed by atoms with Gasteiger partial charge < -0.3 is 4.74 Å². The lowest BCUT2D eigenvalue weighted by molar-refractivity contribution is 0.151. The van der Waals surface area contributed by atoms with Crippen LogP contribution in [0.5, 0.6) is 0 Å². The summed E-state index contributed by atoms with van der Waals surface area (Å²) in [6, 6.07) is 4.50. The minimum absolute atomic E-state index is 0.506. The number of thiophene rings is 1. The monoisotopic (exact) mass is 237 g/mol. The molecule has 2 fully saturated rings. The molecule has 16 heavy (non-hydrogen) atoms. The summed E-state index contributed by atoms with van der Waals surface area (Å²) in [5.41, 5.74) is 0.506. The van der Waals surface area contributed by atoms with Gasteiger partial charge in [0, 0.05) is 34.9 Å². The van der Waals surface area contributed by atoms with E-state index in [1.807, 2.05) is 11.3 Å². The summed E-state index contributed by atoms with van der Waals surface area (Å²) in [4.78, 5) is 5.53. The van der Waals surface area contributed by atoms with Crippen LogP contribution in [0.4, 0.5) is 0 Å². The molecule has 2 nitrogen and oxygen atoms in total. The van der Waals surface area contributed by atoms with Crippen LogP contribution in [0.15, 0.2) is 12.1 Å². The maximum atomic E-state index is 5.56. The van der Waals surface area contributed by atoms with Crippen LogP contribution in [0.25, 0.3) is 0 Å². The third kappa shape index (κ3) is 2.04. The number of hydrogen-bond acceptors (Lipinski definition) is 3. The zero-order chi connectivity index (χ0) is 11.0. The number of aryl methyl sites for hydroxylation is 1. The van der Waals surface area contributed by atoms with Gasteiger partial charge in [-0.25, -0.2) is 0 Å². The topological polar surface area (TPSA) is 12.5 Å². The number of nitrogens with zero attached hydrogens (tertiary/aromatic N) is 1. The highest BCUT2D eigenvalue weighted by molar-refractivity contribution is 7.11. The summed E-state index contributed by atoms with van der Waals surface area (Å²) in [6.45, 7) is 7.79. The van der Waals surface area contributed by atoms with Crippen molar-refractivity contribution < 1.29 is 4.74 Å². The van der Waals surface area contributed by atoms with E-state index in [0.717, 1.165) is 19.8 Å². The normalized spacial score (nSPS) is 30.6. The van der Waals surface area contributed by atoms with Crippen molar-refractivity contribution >= 4 is 11.3 Å². The highest BCUT2D eigenvalue weighted by Gasteiger charge is 2.41. The molecule has 0 N–H and O–H groups in total. The predicted molar refractivity (Wildman–Crippen MR) is 66.8 cm³/mol. The zero-order valence-electron chi connectivity index (χ0n) is 9.87. The lowest BCUT2D eigenvalue weighted by atomic mass is 9.87. The second kappa shape index (κ2) is 4.13. The molecular weight excluding hydrogens is 218 g/mol. The maximum Gasteiger partial charge on any atom is 0.0536 e. The van der Waals surface area contributed by atoms with Crippen LogP contribution in [-0.2, 0) is 11.3 Å². The van der Waals surface area contributed by atoms with Crippen LogP contribution in [0.1, 0.15) is 22.6 Å². The SMILES string of the molecule is Cc1ccc(CN2CC[C@@]3(CCOC3)C2)s1. The molecule has 0 radical (unpaired) electrons. The van der Waals surface area contributed by atoms with E-state index in [1.165, 1.54) is 35.7 Å². The molecule has 2 saturated heterocycles. The lowest BCUT2D eigenvalue weighted by Gasteiger charge is -2.21. The fraction of sp³-hybridized carbons (Fsp3) is 0.692. The first kappa shape index (κ1) is 10.8. The van der Waals surface area contributed by atoms with Crippen LogP contribution in [-0.4, -0.2) is 31.2 Å². The van der Waals surface area contributed by atoms with Gasteiger partial charge in [0.25, 0.3) is 0 Å². The Bertz CT molecular complexity index is 368. The van der Waals surface area contributed by atoms with Gasteiger partial charge in [0.2, 0.25) is 0 Å². The van der Waals surface area contributed by atoms with Gasteiger partial charge in [-0.1, -0.05) is 0 Å². The molecule has 0 unspecified atom stereocenters. The molecule has 1 aromatic rings. The average Bonchev–Trinajstić information content (AvgIpc) is 2.94. The third-order valence-electron chi connectivity index (χ3n) is 3.88. The molecule has 3 rings (SSSR count). The predicted octanol–water partition coefficient (Wildman–Crippen LogP) is 2.67. The molecule has 0 bridgehead atoms. The minimum atomic E-state index is 0.506. The minimum Gasteiger partial charge on any atom is -0.381 e. The van der Waals surface area contributed by atoms with E-state index >= 15 is 0 Å². The molecule has 1 atom stereocenters. The van der Waals surface area contributed by atoms with Crippen molar-refractivity contribution in [3.8, 4) is 0 Å². The van der Waals surface area contributed by atoms with Crippen molar-refractivity contribution in [1.29, 1.82) is 0 Å². The molecule has 0 amide bonds. The van der Waals surface area contributed by atoms with Crippen LogP contribution >= 0.6 is 11.3 Å². The molecule has 2 aliphatic heterocycles. The largest absolute Gasteiger partial charge is 0.381 e. The molecular formula is C13H19NOS. The Labute approximate surface area is 101 Å². The number of hydrogen-bond donors (Lipinski definition) is 0. The molecule has 88 valence electrons. The van der Waals surface area contributed by atoms with Crippen molar-refractivity contribution in [1.82, 2.24) is 4.90 Å². The standard InChI is InChI=1S/C13H19NOS/c1-11-2-3-12(16-11)8-14-6-4-13(9-14)5-7-15-10-13/h2-3H,4-10H2,1H3/t13-/m1/s1. The summed E-state index contributed by atoms with van der Waals surface area (Å²) in [5.74, 6) is 0. The van der Waals surface area contributed by atoms with Crippen molar-refractivity contribution in [3.63, 3.8) is 0 Å². The van der Waals surface area contributed by atoms with Gasteiger partial charge in [0.05, 0.1) is 6.61 Å². The first-order valence-corrected chi connectivity index (χ1v) is 6.93. The Morgan fingerprint density at radius 2 is 2.38 bits per heavy atom. The fourth-order valence-corrected chi connectivity index (χ4v) is 3.86. The molecule has 0 aromatic carbocycles. The summed E-state index contributed by atoms with van der Waals surface area (Å²) < 4.78 is 5.56. The van der Waals surface area contributed by atoms with E-state index in [0.29, 0.717) is 5.41 Å². The Morgan fingerprint density at radius 1 is 1.44 bits per heavy atom. The summed E-state index contributed by atoms with van der Waals surface area (Å²) >= 11 is 1.93. The molecule has 0 aliphatic carbocycles. The van der Waals surface area contributed by atoms with Gasteiger partial charge in [-0.05, 0) is 38.4 Å². The quantitative estimate of drug-likeness (QED) is 0.784. The van der Waals surface area contributed by atoms with E-state index < -0.39 is 0 Å². The van der Waals surface area contributed by atoms with E-state index in [9.17, 15) is 0 Å². The summed E-state index contributed by atoms with van der Waals surface area (Å²) in [6.07, 6.45) is 2.60. The summed E-state index contributed by atoms with van der Waals surface area (Å²) in [7, 11) is 0. The molecule has 2 aliphatic rings. The highest BCUT2D eigenvalue weighted by atomic mass is 32.1. The van der Waals surface area contributed by atoms with Crippen molar-refractivity contribution in [2.75, 3.05) is 26.3 Å². The highest BCUT2D eigenvalue weighted by Crippen LogP contribution is 2.38. The molecule has 3 heterocycles. The van der Waals surface area contributed by atoms with Crippen molar-refractivity contribution in [3.05, 3.63) is 21.9 Å². The van der Waals surface area contributed by atoms with E-state index in [4.69, 9.17) is 4.74 Å².